The molecule has 0 radical (unpaired) electrons. The first-order valence-electron chi connectivity index (χ1n) is 4.83. The summed E-state index contributed by atoms with van der Waals surface area (Å²) in [7, 11) is -0.123. The maximum Gasteiger partial charge on any atom is 0.310 e. The van der Waals surface area contributed by atoms with Crippen LogP contribution in [0.3, 0.4) is 0 Å². The Hall–Kier alpha value is -0.100. The molecule has 0 bridgehead atoms. The number of carbonyl (C=O) groups excluding carboxylic acids is 1. The van der Waals surface area contributed by atoms with E-state index in [2.05, 4.69) is 13.8 Å². The van der Waals surface area contributed by atoms with Crippen molar-refractivity contribution >= 4 is 13.9 Å². The van der Waals surface area contributed by atoms with Gasteiger partial charge in [-0.1, -0.05) is 21.8 Å². The summed E-state index contributed by atoms with van der Waals surface area (Å²) in [5, 5.41) is 0. The Kier molecular flexibility index (Phi) is 5.55. The Balaban J connectivity index is 3.86. The van der Waals surface area contributed by atoms with Gasteiger partial charge in [0.25, 0.3) is 0 Å². The topological polar surface area (TPSA) is 26.3 Å². The maximum absolute atomic E-state index is 11.4. The van der Waals surface area contributed by atoms with Gasteiger partial charge in [-0.25, -0.2) is 0 Å². The molecule has 3 heteroatoms. The molecule has 0 atom stereocenters. The molecular weight excluding hydrogens is 183 g/mol. The second-order valence-corrected chi connectivity index (χ2v) is 6.97. The Morgan fingerprint density at radius 1 is 1.23 bits per heavy atom. The van der Waals surface area contributed by atoms with Crippen molar-refractivity contribution in [3.05, 3.63) is 0 Å². The van der Waals surface area contributed by atoms with Crippen molar-refractivity contribution in [3.63, 3.8) is 0 Å². The number of ether oxygens (including phenoxy) is 1. The Morgan fingerprint density at radius 2 is 1.69 bits per heavy atom. The van der Waals surface area contributed by atoms with E-state index in [4.69, 9.17) is 4.74 Å². The Morgan fingerprint density at radius 3 is 2.00 bits per heavy atom. The van der Waals surface area contributed by atoms with Gasteiger partial charge in [-0.3, -0.25) is 4.79 Å². The number of hydrogen-bond donors (Lipinski definition) is 0. The predicted molar refractivity (Wildman–Crippen MR) is 58.7 cm³/mol. The number of rotatable bonds is 4. The fraction of sp³-hybridized carbons (Fsp3) is 0.900. The van der Waals surface area contributed by atoms with E-state index in [1.54, 1.807) is 0 Å². The molecule has 0 amide bonds. The Labute approximate surface area is 82.8 Å². The van der Waals surface area contributed by atoms with Crippen LogP contribution in [0.2, 0.25) is 0 Å². The van der Waals surface area contributed by atoms with Crippen LogP contribution in [0.25, 0.3) is 0 Å². The number of esters is 1. The molecule has 0 N–H and O–H groups in total. The van der Waals surface area contributed by atoms with Crippen molar-refractivity contribution in [3.8, 4) is 0 Å². The van der Waals surface area contributed by atoms with Gasteiger partial charge in [-0.2, -0.15) is 0 Å². The molecule has 0 heterocycles. The standard InChI is InChI=1S/C10H21O2P/c1-6-13(7-2)8-9(11)12-10(3,4)5/h6-8H2,1-5H3. The van der Waals surface area contributed by atoms with E-state index in [0.29, 0.717) is 6.16 Å². The Bertz CT molecular complexity index is 157. The third-order valence-corrected chi connectivity index (χ3v) is 4.16. The summed E-state index contributed by atoms with van der Waals surface area (Å²) in [6.07, 6.45) is 2.86. The minimum atomic E-state index is -0.334. The van der Waals surface area contributed by atoms with Crippen molar-refractivity contribution in [1.82, 2.24) is 0 Å². The highest BCUT2D eigenvalue weighted by molar-refractivity contribution is 7.58. The molecule has 78 valence electrons. The number of carbonyl (C=O) groups is 1. The van der Waals surface area contributed by atoms with Crippen LogP contribution in [0, 0.1) is 0 Å². The van der Waals surface area contributed by atoms with Gasteiger partial charge in [0.15, 0.2) is 0 Å². The highest BCUT2D eigenvalue weighted by Gasteiger charge is 2.18. The number of hydrogen-bond acceptors (Lipinski definition) is 2. The molecule has 0 aromatic heterocycles. The summed E-state index contributed by atoms with van der Waals surface area (Å²) in [5.74, 6) is -0.0395. The van der Waals surface area contributed by atoms with Crippen LogP contribution in [0.1, 0.15) is 34.6 Å². The van der Waals surface area contributed by atoms with Gasteiger partial charge in [-0.15, -0.1) is 0 Å². The highest BCUT2D eigenvalue weighted by atomic mass is 31.1. The van der Waals surface area contributed by atoms with Gasteiger partial charge in [-0.05, 0) is 33.1 Å². The molecule has 0 saturated heterocycles. The molecular formula is C10H21O2P. The molecule has 0 saturated carbocycles. The molecule has 0 spiro atoms. The summed E-state index contributed by atoms with van der Waals surface area (Å²) in [5.41, 5.74) is -0.334. The molecule has 0 aliphatic rings. The molecule has 0 unspecified atom stereocenters. The first kappa shape index (κ1) is 12.9. The van der Waals surface area contributed by atoms with E-state index < -0.39 is 0 Å². The van der Waals surface area contributed by atoms with Crippen LogP contribution in [0.5, 0.6) is 0 Å². The third kappa shape index (κ3) is 7.01. The van der Waals surface area contributed by atoms with Crippen LogP contribution in [-0.2, 0) is 9.53 Å². The first-order valence-corrected chi connectivity index (χ1v) is 6.73. The van der Waals surface area contributed by atoms with Crippen LogP contribution in [0.4, 0.5) is 0 Å². The van der Waals surface area contributed by atoms with E-state index in [0.717, 1.165) is 12.3 Å². The average Bonchev–Trinajstić information content (AvgIpc) is 1.96. The summed E-state index contributed by atoms with van der Waals surface area (Å²) in [6, 6.07) is 0. The average molecular weight is 204 g/mol. The van der Waals surface area contributed by atoms with Gasteiger partial charge in [0.1, 0.15) is 5.60 Å². The SMILES string of the molecule is CCP(CC)CC(=O)OC(C)(C)C. The lowest BCUT2D eigenvalue weighted by Crippen LogP contribution is -2.25. The minimum Gasteiger partial charge on any atom is -0.460 e. The zero-order valence-electron chi connectivity index (χ0n) is 9.39. The monoisotopic (exact) mass is 204 g/mol. The first-order chi connectivity index (χ1) is 5.89. The van der Waals surface area contributed by atoms with Crippen LogP contribution in [0.15, 0.2) is 0 Å². The van der Waals surface area contributed by atoms with E-state index in [1.807, 2.05) is 20.8 Å². The molecule has 0 aromatic carbocycles. The quantitative estimate of drug-likeness (QED) is 0.520. The van der Waals surface area contributed by atoms with Crippen molar-refractivity contribution in [1.29, 1.82) is 0 Å². The summed E-state index contributed by atoms with van der Waals surface area (Å²) in [6.45, 7) is 10.0. The van der Waals surface area contributed by atoms with Gasteiger partial charge >= 0.3 is 5.97 Å². The fourth-order valence-electron chi connectivity index (χ4n) is 1.00. The molecule has 0 fully saturated rings. The fourth-order valence-corrected chi connectivity index (χ4v) is 2.33. The summed E-state index contributed by atoms with van der Waals surface area (Å²) >= 11 is 0. The molecule has 13 heavy (non-hydrogen) atoms. The maximum atomic E-state index is 11.4. The van der Waals surface area contributed by atoms with E-state index in [9.17, 15) is 4.79 Å². The van der Waals surface area contributed by atoms with E-state index in [-0.39, 0.29) is 19.5 Å². The van der Waals surface area contributed by atoms with Crippen LogP contribution in [-0.4, -0.2) is 30.1 Å². The van der Waals surface area contributed by atoms with Crippen molar-refractivity contribution in [2.75, 3.05) is 18.5 Å². The van der Waals surface area contributed by atoms with Crippen LogP contribution < -0.4 is 0 Å². The smallest absolute Gasteiger partial charge is 0.310 e. The largest absolute Gasteiger partial charge is 0.460 e. The van der Waals surface area contributed by atoms with Crippen molar-refractivity contribution in [2.24, 2.45) is 0 Å². The van der Waals surface area contributed by atoms with Gasteiger partial charge in [0.2, 0.25) is 0 Å². The van der Waals surface area contributed by atoms with Gasteiger partial charge in [0.05, 0.1) is 6.16 Å². The third-order valence-electron chi connectivity index (χ3n) is 1.67. The molecule has 0 aliphatic heterocycles. The van der Waals surface area contributed by atoms with Gasteiger partial charge < -0.3 is 4.74 Å². The molecule has 0 aromatic rings. The zero-order chi connectivity index (χ0) is 10.5. The molecule has 0 aliphatic carbocycles. The van der Waals surface area contributed by atoms with Gasteiger partial charge in [0, 0.05) is 0 Å². The van der Waals surface area contributed by atoms with E-state index >= 15 is 0 Å². The molecule has 0 rings (SSSR count). The zero-order valence-corrected chi connectivity index (χ0v) is 10.3. The second-order valence-electron chi connectivity index (χ2n) is 4.05. The normalized spacial score (nSPS) is 11.8. The summed E-state index contributed by atoms with van der Waals surface area (Å²) < 4.78 is 5.25. The van der Waals surface area contributed by atoms with Crippen molar-refractivity contribution in [2.45, 2.75) is 40.2 Å². The second kappa shape index (κ2) is 5.59. The molecule has 2 nitrogen and oxygen atoms in total. The predicted octanol–water partition coefficient (Wildman–Crippen LogP) is 2.85. The summed E-state index contributed by atoms with van der Waals surface area (Å²) in [4.78, 5) is 11.4. The van der Waals surface area contributed by atoms with Crippen LogP contribution >= 0.6 is 7.92 Å². The minimum absolute atomic E-state index is 0.0395. The lowest BCUT2D eigenvalue weighted by Gasteiger charge is -2.21. The lowest BCUT2D eigenvalue weighted by molar-refractivity contribution is -0.151. The van der Waals surface area contributed by atoms with E-state index in [1.165, 1.54) is 0 Å². The van der Waals surface area contributed by atoms with Crippen molar-refractivity contribution < 1.29 is 9.53 Å². The highest BCUT2D eigenvalue weighted by Crippen LogP contribution is 2.34. The lowest BCUT2D eigenvalue weighted by atomic mass is 10.2.